The van der Waals surface area contributed by atoms with Crippen molar-refractivity contribution >= 4 is 16.5 Å². The van der Waals surface area contributed by atoms with Crippen LogP contribution in [0.2, 0.25) is 0 Å². The second-order valence-electron chi connectivity index (χ2n) is 8.37. The number of unbranched alkanes of at least 4 members (excludes halogenated alkanes) is 9. The Morgan fingerprint density at radius 3 is 2.27 bits per heavy atom. The van der Waals surface area contributed by atoms with Crippen LogP contribution in [-0.2, 0) is 14.3 Å². The Labute approximate surface area is 165 Å². The molecule has 4 heteroatoms. The minimum absolute atomic E-state index is 0.0995. The fourth-order valence-electron chi connectivity index (χ4n) is 3.87. The average Bonchev–Trinajstić information content (AvgIpc) is 2.64. The zero-order valence-electron chi connectivity index (χ0n) is 17.6. The third-order valence-corrected chi connectivity index (χ3v) is 7.04. The third-order valence-electron chi connectivity index (χ3n) is 5.76. The Bertz CT molecular complexity index is 329. The van der Waals surface area contributed by atoms with E-state index in [0.717, 1.165) is 49.0 Å². The van der Waals surface area contributed by atoms with Gasteiger partial charge in [-0.1, -0.05) is 64.7 Å². The number of ether oxygens (including phenoxy) is 2. The maximum atomic E-state index is 10.9. The van der Waals surface area contributed by atoms with E-state index in [1.54, 1.807) is 0 Å². The van der Waals surface area contributed by atoms with Gasteiger partial charge in [0.25, 0.3) is 0 Å². The highest BCUT2D eigenvalue weighted by Gasteiger charge is 2.28. The lowest BCUT2D eigenvalue weighted by molar-refractivity contribution is -0.111. The SMILES string of the molecule is CCCCCCCCCCCCOC(CC=O)CCC1([SiH3])CCCCO1. The number of carbonyl (C=O) groups is 1. The molecule has 2 unspecified atom stereocenters. The lowest BCUT2D eigenvalue weighted by atomic mass is 10.0. The van der Waals surface area contributed by atoms with Crippen molar-refractivity contribution in [3.05, 3.63) is 0 Å². The van der Waals surface area contributed by atoms with Gasteiger partial charge in [0.1, 0.15) is 6.29 Å². The summed E-state index contributed by atoms with van der Waals surface area (Å²) >= 11 is 0. The van der Waals surface area contributed by atoms with E-state index < -0.39 is 0 Å². The van der Waals surface area contributed by atoms with Gasteiger partial charge in [0, 0.05) is 35.1 Å². The van der Waals surface area contributed by atoms with Gasteiger partial charge in [-0.15, -0.1) is 0 Å². The van der Waals surface area contributed by atoms with Crippen molar-refractivity contribution in [2.75, 3.05) is 13.2 Å². The highest BCUT2D eigenvalue weighted by Crippen LogP contribution is 2.27. The lowest BCUT2D eigenvalue weighted by Crippen LogP contribution is -2.37. The van der Waals surface area contributed by atoms with Crippen LogP contribution in [0.3, 0.4) is 0 Å². The molecule has 0 aromatic rings. The standard InChI is InChI=1S/C22H44O3Si/c1-2-3-4-5-6-7-8-9-10-12-19-24-21(15-18-23)14-17-22(26)16-11-13-20-25-22/h18,21H,2-17,19-20H2,1,26H3. The van der Waals surface area contributed by atoms with Crippen molar-refractivity contribution in [1.82, 2.24) is 0 Å². The molecule has 0 aliphatic carbocycles. The summed E-state index contributed by atoms with van der Waals surface area (Å²) in [4.78, 5) is 10.9. The molecule has 0 aromatic heterocycles. The van der Waals surface area contributed by atoms with Crippen molar-refractivity contribution in [2.45, 2.75) is 121 Å². The predicted octanol–water partition coefficient (Wildman–Crippen LogP) is 4.92. The molecule has 2 atom stereocenters. The van der Waals surface area contributed by atoms with E-state index >= 15 is 0 Å². The fraction of sp³-hybridized carbons (Fsp3) is 0.955. The molecule has 26 heavy (non-hydrogen) atoms. The molecule has 0 saturated carbocycles. The first-order valence-electron chi connectivity index (χ1n) is 11.4. The number of aldehydes is 1. The molecule has 1 fully saturated rings. The summed E-state index contributed by atoms with van der Waals surface area (Å²) in [5.41, 5.74) is 0. The van der Waals surface area contributed by atoms with Gasteiger partial charge >= 0.3 is 0 Å². The van der Waals surface area contributed by atoms with Crippen LogP contribution in [0.15, 0.2) is 0 Å². The summed E-state index contributed by atoms with van der Waals surface area (Å²) in [5.74, 6) is 0. The smallest absolute Gasteiger partial charge is 0.122 e. The fourth-order valence-corrected chi connectivity index (χ4v) is 4.72. The molecule has 0 radical (unpaired) electrons. The number of hydrogen-bond donors (Lipinski definition) is 0. The zero-order chi connectivity index (χ0) is 18.9. The van der Waals surface area contributed by atoms with Gasteiger partial charge in [0.2, 0.25) is 0 Å². The zero-order valence-corrected chi connectivity index (χ0v) is 19.6. The van der Waals surface area contributed by atoms with Crippen molar-refractivity contribution in [1.29, 1.82) is 0 Å². The Balaban J connectivity index is 2.00. The van der Waals surface area contributed by atoms with E-state index in [9.17, 15) is 4.79 Å². The van der Waals surface area contributed by atoms with Crippen LogP contribution in [0.25, 0.3) is 0 Å². The molecular weight excluding hydrogens is 340 g/mol. The monoisotopic (exact) mass is 384 g/mol. The molecule has 0 N–H and O–H groups in total. The van der Waals surface area contributed by atoms with E-state index in [1.165, 1.54) is 77.0 Å². The molecule has 0 amide bonds. The van der Waals surface area contributed by atoms with Gasteiger partial charge in [-0.05, 0) is 38.5 Å². The molecule has 3 nitrogen and oxygen atoms in total. The van der Waals surface area contributed by atoms with Gasteiger partial charge in [0.05, 0.1) is 6.10 Å². The van der Waals surface area contributed by atoms with Crippen LogP contribution in [0.4, 0.5) is 0 Å². The average molecular weight is 385 g/mol. The van der Waals surface area contributed by atoms with Crippen LogP contribution in [0.1, 0.15) is 110 Å². The topological polar surface area (TPSA) is 35.5 Å². The molecule has 0 spiro atoms. The summed E-state index contributed by atoms with van der Waals surface area (Å²) in [6.45, 7) is 4.00. The molecule has 0 bridgehead atoms. The van der Waals surface area contributed by atoms with Crippen LogP contribution in [0, 0.1) is 0 Å². The van der Waals surface area contributed by atoms with E-state index in [0.29, 0.717) is 6.42 Å². The van der Waals surface area contributed by atoms with Gasteiger partial charge < -0.3 is 14.3 Å². The van der Waals surface area contributed by atoms with Crippen molar-refractivity contribution in [2.24, 2.45) is 0 Å². The van der Waals surface area contributed by atoms with Crippen molar-refractivity contribution in [3.8, 4) is 0 Å². The molecule has 1 heterocycles. The summed E-state index contributed by atoms with van der Waals surface area (Å²) < 4.78 is 12.0. The van der Waals surface area contributed by atoms with Crippen LogP contribution >= 0.6 is 0 Å². The highest BCUT2D eigenvalue weighted by molar-refractivity contribution is 6.14. The molecule has 1 saturated heterocycles. The number of hydrogen-bond acceptors (Lipinski definition) is 3. The van der Waals surface area contributed by atoms with Gasteiger partial charge in [-0.3, -0.25) is 0 Å². The predicted molar refractivity (Wildman–Crippen MR) is 114 cm³/mol. The molecule has 0 aromatic carbocycles. The Morgan fingerprint density at radius 1 is 1.04 bits per heavy atom. The maximum Gasteiger partial charge on any atom is 0.122 e. The summed E-state index contributed by atoms with van der Waals surface area (Å²) in [5, 5.41) is 0.139. The second kappa shape index (κ2) is 15.8. The minimum Gasteiger partial charge on any atom is -0.380 e. The second-order valence-corrected chi connectivity index (χ2v) is 10.2. The Kier molecular flexibility index (Phi) is 14.5. The number of carbonyl (C=O) groups excluding carboxylic acids is 1. The summed E-state index contributed by atoms with van der Waals surface area (Å²) in [6.07, 6.45) is 20.8. The highest BCUT2D eigenvalue weighted by atomic mass is 28.1. The van der Waals surface area contributed by atoms with Crippen LogP contribution in [0.5, 0.6) is 0 Å². The molecular formula is C22H44O3Si. The number of rotatable bonds is 17. The normalized spacial score (nSPS) is 21.7. The Morgan fingerprint density at radius 2 is 1.69 bits per heavy atom. The third kappa shape index (κ3) is 12.2. The van der Waals surface area contributed by atoms with Crippen LogP contribution < -0.4 is 0 Å². The van der Waals surface area contributed by atoms with E-state index in [1.807, 2.05) is 0 Å². The first kappa shape index (κ1) is 23.8. The van der Waals surface area contributed by atoms with E-state index in [2.05, 4.69) is 6.92 Å². The molecule has 154 valence electrons. The van der Waals surface area contributed by atoms with Crippen molar-refractivity contribution < 1.29 is 14.3 Å². The Hall–Kier alpha value is -0.193. The van der Waals surface area contributed by atoms with E-state index in [4.69, 9.17) is 9.47 Å². The van der Waals surface area contributed by atoms with Gasteiger partial charge in [0.15, 0.2) is 0 Å². The molecule has 1 rings (SSSR count). The van der Waals surface area contributed by atoms with Crippen molar-refractivity contribution in [3.63, 3.8) is 0 Å². The minimum atomic E-state index is 0.0995. The lowest BCUT2D eigenvalue weighted by Gasteiger charge is -2.35. The maximum absolute atomic E-state index is 10.9. The van der Waals surface area contributed by atoms with E-state index in [-0.39, 0.29) is 11.3 Å². The summed E-state index contributed by atoms with van der Waals surface area (Å²) in [6, 6.07) is 0. The van der Waals surface area contributed by atoms with Crippen LogP contribution in [-0.4, -0.2) is 41.1 Å². The molecule has 1 aliphatic rings. The quantitative estimate of drug-likeness (QED) is 0.203. The first-order chi connectivity index (χ1) is 12.7. The molecule has 1 aliphatic heterocycles. The summed E-state index contributed by atoms with van der Waals surface area (Å²) in [7, 11) is 1.08. The first-order valence-corrected chi connectivity index (χ1v) is 12.4. The van der Waals surface area contributed by atoms with Gasteiger partial charge in [-0.25, -0.2) is 0 Å². The van der Waals surface area contributed by atoms with Gasteiger partial charge in [-0.2, -0.15) is 0 Å². The largest absolute Gasteiger partial charge is 0.380 e.